The number of hydrogen-bond acceptors (Lipinski definition) is 6. The number of hydrogen-bond donors (Lipinski definition) is 0. The highest BCUT2D eigenvalue weighted by Gasteiger charge is 2.23. The summed E-state index contributed by atoms with van der Waals surface area (Å²) < 4.78 is 21.8. The number of nitrogens with zero attached hydrogens (tertiary/aromatic N) is 4. The molecule has 0 saturated carbocycles. The van der Waals surface area contributed by atoms with Crippen molar-refractivity contribution in [3.63, 3.8) is 0 Å². The van der Waals surface area contributed by atoms with E-state index in [1.54, 1.807) is 0 Å². The molecule has 0 unspecified atom stereocenters. The molecule has 306 valence electrons. The van der Waals surface area contributed by atoms with Gasteiger partial charge in [0.05, 0.1) is 16.6 Å². The Morgan fingerprint density at radius 1 is 0.303 bits per heavy atom. The molecule has 0 amide bonds. The Labute approximate surface area is 374 Å². The lowest BCUT2D eigenvalue weighted by Crippen LogP contribution is -2.01. The molecule has 15 aromatic rings. The van der Waals surface area contributed by atoms with E-state index in [1.807, 2.05) is 72.8 Å². The van der Waals surface area contributed by atoms with Crippen molar-refractivity contribution < 1.29 is 13.3 Å². The number of rotatable bonds is 4. The highest BCUT2D eigenvalue weighted by atomic mass is 16.3. The van der Waals surface area contributed by atoms with Crippen molar-refractivity contribution >= 4 is 109 Å². The molecule has 0 aliphatic carbocycles. The van der Waals surface area contributed by atoms with Crippen LogP contribution in [0.25, 0.3) is 149 Å². The van der Waals surface area contributed by atoms with Crippen LogP contribution in [0, 0.1) is 0 Å². The second-order valence-electron chi connectivity index (χ2n) is 17.2. The Hall–Kier alpha value is -9.07. The average Bonchev–Trinajstić information content (AvgIpc) is 4.13. The van der Waals surface area contributed by atoms with Crippen LogP contribution in [0.4, 0.5) is 0 Å². The summed E-state index contributed by atoms with van der Waals surface area (Å²) in [5, 5.41) is 13.1. The van der Waals surface area contributed by atoms with Crippen LogP contribution in [-0.2, 0) is 0 Å². The first-order valence-corrected chi connectivity index (χ1v) is 22.1. The Morgan fingerprint density at radius 3 is 1.26 bits per heavy atom. The molecule has 0 spiro atoms. The average molecular weight is 845 g/mol. The van der Waals surface area contributed by atoms with Gasteiger partial charge in [-0.15, -0.1) is 0 Å². The Balaban J connectivity index is 1.04. The summed E-state index contributed by atoms with van der Waals surface area (Å²) in [6.45, 7) is 0. The molecule has 0 fully saturated rings. The lowest BCUT2D eigenvalue weighted by molar-refractivity contribution is 0.668. The van der Waals surface area contributed by atoms with E-state index in [0.717, 1.165) is 93.6 Å². The van der Waals surface area contributed by atoms with E-state index in [0.29, 0.717) is 23.1 Å². The molecule has 10 aromatic carbocycles. The topological polar surface area (TPSA) is 83.0 Å². The molecule has 0 N–H and O–H groups in total. The Bertz CT molecular complexity index is 4320. The number of aromatic nitrogens is 4. The standard InChI is InChI=1S/C59H32N4O3/c1-3-13-35-29-49-43(25-33(35)11-1)44-26-34-12-2-4-14-36(34)30-50(44)63(49)39-31-47-42-17-7-10-20-53(42)66-56(47)48(32-39)59-61-57(37-21-23-54-45(27-37)40-15-5-8-18-51(40)64-54)60-58(62-59)38-22-24-55-46(28-38)41-16-6-9-19-52(41)65-55/h1-32H. The maximum Gasteiger partial charge on any atom is 0.167 e. The highest BCUT2D eigenvalue weighted by Crippen LogP contribution is 2.43. The van der Waals surface area contributed by atoms with Crippen molar-refractivity contribution in [1.82, 2.24) is 19.5 Å². The van der Waals surface area contributed by atoms with E-state index >= 15 is 0 Å². The molecule has 7 nitrogen and oxygen atoms in total. The van der Waals surface area contributed by atoms with Crippen LogP contribution < -0.4 is 0 Å². The van der Waals surface area contributed by atoms with Crippen molar-refractivity contribution in [3.05, 3.63) is 194 Å². The van der Waals surface area contributed by atoms with E-state index in [1.165, 1.54) is 32.3 Å². The van der Waals surface area contributed by atoms with Crippen LogP contribution in [0.2, 0.25) is 0 Å². The van der Waals surface area contributed by atoms with Gasteiger partial charge in [-0.2, -0.15) is 0 Å². The van der Waals surface area contributed by atoms with Crippen LogP contribution in [0.3, 0.4) is 0 Å². The second-order valence-corrected chi connectivity index (χ2v) is 17.2. The minimum absolute atomic E-state index is 0.492. The summed E-state index contributed by atoms with van der Waals surface area (Å²) in [6, 6.07) is 67.7. The minimum Gasteiger partial charge on any atom is -0.456 e. The fourth-order valence-electron chi connectivity index (χ4n) is 10.3. The molecule has 66 heavy (non-hydrogen) atoms. The highest BCUT2D eigenvalue weighted by molar-refractivity contribution is 6.18. The summed E-state index contributed by atoms with van der Waals surface area (Å²) in [7, 11) is 0. The van der Waals surface area contributed by atoms with Crippen molar-refractivity contribution in [2.75, 3.05) is 0 Å². The quantitative estimate of drug-likeness (QED) is 0.175. The summed E-state index contributed by atoms with van der Waals surface area (Å²) in [4.78, 5) is 16.0. The number of fused-ring (bicyclic) bond motifs is 14. The summed E-state index contributed by atoms with van der Waals surface area (Å²) in [5.74, 6) is 1.56. The monoisotopic (exact) mass is 844 g/mol. The van der Waals surface area contributed by atoms with Gasteiger partial charge in [0, 0.05) is 59.9 Å². The van der Waals surface area contributed by atoms with Crippen LogP contribution in [0.15, 0.2) is 207 Å². The molecule has 0 aliphatic heterocycles. The van der Waals surface area contributed by atoms with E-state index in [4.69, 9.17) is 28.2 Å². The summed E-state index contributed by atoms with van der Waals surface area (Å²) in [6.07, 6.45) is 0. The lowest BCUT2D eigenvalue weighted by atomic mass is 10.0. The largest absolute Gasteiger partial charge is 0.456 e. The number of para-hydroxylation sites is 3. The smallest absolute Gasteiger partial charge is 0.167 e. The zero-order valence-electron chi connectivity index (χ0n) is 35.0. The van der Waals surface area contributed by atoms with Gasteiger partial charge in [-0.1, -0.05) is 103 Å². The predicted octanol–water partition coefficient (Wildman–Crippen LogP) is 16.0. The first kappa shape index (κ1) is 35.4. The van der Waals surface area contributed by atoms with Crippen LogP contribution in [0.5, 0.6) is 0 Å². The van der Waals surface area contributed by atoms with Gasteiger partial charge in [-0.05, 0) is 113 Å². The summed E-state index contributed by atoms with van der Waals surface area (Å²) >= 11 is 0. The van der Waals surface area contributed by atoms with Crippen molar-refractivity contribution in [1.29, 1.82) is 0 Å². The molecule has 0 radical (unpaired) electrons. The molecule has 0 atom stereocenters. The summed E-state index contributed by atoms with van der Waals surface area (Å²) in [5.41, 5.74) is 10.4. The predicted molar refractivity (Wildman–Crippen MR) is 267 cm³/mol. The molecular formula is C59H32N4O3. The first-order valence-electron chi connectivity index (χ1n) is 22.1. The van der Waals surface area contributed by atoms with Gasteiger partial charge in [0.15, 0.2) is 17.5 Å². The van der Waals surface area contributed by atoms with Gasteiger partial charge in [-0.3, -0.25) is 0 Å². The fourth-order valence-corrected chi connectivity index (χ4v) is 10.3. The third kappa shape index (κ3) is 5.16. The van der Waals surface area contributed by atoms with E-state index in [-0.39, 0.29) is 0 Å². The maximum atomic E-state index is 6.85. The Kier molecular flexibility index (Phi) is 7.10. The SMILES string of the molecule is c1ccc2cc3c(cc2c1)c1cc2ccccc2cc1n3-c1cc(-c2nc(-c3ccc4oc5ccccc5c4c3)nc(-c3ccc4oc5ccccc5c4c3)n2)c2oc3ccccc3c2c1. The van der Waals surface area contributed by atoms with E-state index in [9.17, 15) is 0 Å². The number of furan rings is 3. The molecular weight excluding hydrogens is 813 g/mol. The molecule has 5 aromatic heterocycles. The van der Waals surface area contributed by atoms with Gasteiger partial charge >= 0.3 is 0 Å². The normalized spacial score (nSPS) is 12.2. The van der Waals surface area contributed by atoms with Gasteiger partial charge in [-0.25, -0.2) is 15.0 Å². The maximum absolute atomic E-state index is 6.85. The third-order valence-corrected chi connectivity index (χ3v) is 13.4. The lowest BCUT2D eigenvalue weighted by Gasteiger charge is -2.13. The molecule has 0 aliphatic rings. The van der Waals surface area contributed by atoms with Crippen LogP contribution in [0.1, 0.15) is 0 Å². The zero-order valence-corrected chi connectivity index (χ0v) is 35.0. The van der Waals surface area contributed by atoms with E-state index in [2.05, 4.69) is 126 Å². The first-order chi connectivity index (χ1) is 32.6. The zero-order chi connectivity index (χ0) is 43.0. The van der Waals surface area contributed by atoms with Crippen LogP contribution in [-0.4, -0.2) is 19.5 Å². The second kappa shape index (κ2) is 13.2. The van der Waals surface area contributed by atoms with Crippen molar-refractivity contribution in [2.45, 2.75) is 0 Å². The molecule has 0 saturated heterocycles. The van der Waals surface area contributed by atoms with Gasteiger partial charge < -0.3 is 17.8 Å². The number of benzene rings is 10. The van der Waals surface area contributed by atoms with Crippen molar-refractivity contribution in [3.8, 4) is 39.9 Å². The molecule has 0 bridgehead atoms. The van der Waals surface area contributed by atoms with Crippen molar-refractivity contribution in [2.24, 2.45) is 0 Å². The molecule has 7 heteroatoms. The third-order valence-electron chi connectivity index (χ3n) is 13.4. The minimum atomic E-state index is 0.492. The van der Waals surface area contributed by atoms with Gasteiger partial charge in [0.2, 0.25) is 0 Å². The van der Waals surface area contributed by atoms with Crippen LogP contribution >= 0.6 is 0 Å². The van der Waals surface area contributed by atoms with E-state index < -0.39 is 0 Å². The fraction of sp³-hybridized carbons (Fsp3) is 0. The van der Waals surface area contributed by atoms with Gasteiger partial charge in [0.1, 0.15) is 33.5 Å². The molecule has 5 heterocycles. The van der Waals surface area contributed by atoms with Gasteiger partial charge in [0.25, 0.3) is 0 Å². The Morgan fingerprint density at radius 2 is 0.727 bits per heavy atom. The molecule has 15 rings (SSSR count).